The van der Waals surface area contributed by atoms with Crippen molar-refractivity contribution in [3.05, 3.63) is 41.5 Å². The monoisotopic (exact) mass is 289 g/mol. The average molecular weight is 289 g/mol. The Morgan fingerprint density at radius 1 is 1.38 bits per heavy atom. The first-order chi connectivity index (χ1) is 10.1. The molecule has 1 heterocycles. The summed E-state index contributed by atoms with van der Waals surface area (Å²) >= 11 is 0. The number of nitrogens with zero attached hydrogens (tertiary/aromatic N) is 3. The third-order valence-electron chi connectivity index (χ3n) is 3.52. The first-order valence-corrected chi connectivity index (χ1v) is 7.32. The average Bonchev–Trinajstić information content (AvgIpc) is 2.95. The van der Waals surface area contributed by atoms with Gasteiger partial charge < -0.3 is 9.26 Å². The van der Waals surface area contributed by atoms with Crippen LogP contribution in [0.1, 0.15) is 37.2 Å². The van der Waals surface area contributed by atoms with Crippen molar-refractivity contribution in [1.29, 1.82) is 0 Å². The summed E-state index contributed by atoms with van der Waals surface area (Å²) < 4.78 is 11.0. The molecule has 1 aromatic heterocycles. The van der Waals surface area contributed by atoms with E-state index in [1.54, 1.807) is 0 Å². The SMILES string of the molecule is CCc1noc(C(C)N(C)CCOc2cccc(C)c2)n1. The van der Waals surface area contributed by atoms with E-state index in [0.29, 0.717) is 12.5 Å². The normalized spacial score (nSPS) is 12.6. The Morgan fingerprint density at radius 3 is 2.86 bits per heavy atom. The molecule has 0 aliphatic rings. The molecule has 1 atom stereocenters. The fourth-order valence-corrected chi connectivity index (χ4v) is 1.98. The Labute approximate surface area is 125 Å². The first kappa shape index (κ1) is 15.5. The molecule has 5 heteroatoms. The zero-order valence-electron chi connectivity index (χ0n) is 13.2. The van der Waals surface area contributed by atoms with Crippen LogP contribution in [0.15, 0.2) is 28.8 Å². The van der Waals surface area contributed by atoms with Crippen LogP contribution in [0.4, 0.5) is 0 Å². The van der Waals surface area contributed by atoms with E-state index in [0.717, 1.165) is 24.5 Å². The molecule has 2 aromatic rings. The molecule has 0 aliphatic carbocycles. The highest BCUT2D eigenvalue weighted by Crippen LogP contribution is 2.17. The van der Waals surface area contributed by atoms with Crippen molar-refractivity contribution in [1.82, 2.24) is 15.0 Å². The maximum absolute atomic E-state index is 5.76. The summed E-state index contributed by atoms with van der Waals surface area (Å²) in [6.45, 7) is 7.54. The van der Waals surface area contributed by atoms with E-state index in [1.165, 1.54) is 5.56 Å². The molecule has 21 heavy (non-hydrogen) atoms. The molecule has 0 amide bonds. The molecular weight excluding hydrogens is 266 g/mol. The lowest BCUT2D eigenvalue weighted by Crippen LogP contribution is -2.27. The number of rotatable bonds is 7. The van der Waals surface area contributed by atoms with E-state index < -0.39 is 0 Å². The lowest BCUT2D eigenvalue weighted by molar-refractivity contribution is 0.174. The van der Waals surface area contributed by atoms with Gasteiger partial charge in [0.15, 0.2) is 5.82 Å². The summed E-state index contributed by atoms with van der Waals surface area (Å²) in [6.07, 6.45) is 0.788. The van der Waals surface area contributed by atoms with Crippen molar-refractivity contribution in [3.63, 3.8) is 0 Å². The molecule has 0 radical (unpaired) electrons. The summed E-state index contributed by atoms with van der Waals surface area (Å²) in [7, 11) is 2.03. The lowest BCUT2D eigenvalue weighted by atomic mass is 10.2. The molecule has 114 valence electrons. The van der Waals surface area contributed by atoms with Crippen LogP contribution < -0.4 is 4.74 Å². The van der Waals surface area contributed by atoms with E-state index in [4.69, 9.17) is 9.26 Å². The number of ether oxygens (including phenoxy) is 1. The van der Waals surface area contributed by atoms with E-state index in [-0.39, 0.29) is 6.04 Å². The van der Waals surface area contributed by atoms with Gasteiger partial charge in [0.1, 0.15) is 12.4 Å². The minimum absolute atomic E-state index is 0.0823. The van der Waals surface area contributed by atoms with Gasteiger partial charge in [-0.3, -0.25) is 4.90 Å². The molecule has 2 rings (SSSR count). The van der Waals surface area contributed by atoms with Gasteiger partial charge in [0, 0.05) is 13.0 Å². The molecule has 0 aliphatic heterocycles. The zero-order valence-corrected chi connectivity index (χ0v) is 13.2. The predicted octanol–water partition coefficient (Wildman–Crippen LogP) is 3.01. The quantitative estimate of drug-likeness (QED) is 0.784. The van der Waals surface area contributed by atoms with Crippen molar-refractivity contribution in [2.45, 2.75) is 33.2 Å². The van der Waals surface area contributed by atoms with Gasteiger partial charge in [-0.2, -0.15) is 4.98 Å². The van der Waals surface area contributed by atoms with E-state index >= 15 is 0 Å². The predicted molar refractivity (Wildman–Crippen MR) is 81.4 cm³/mol. The zero-order chi connectivity index (χ0) is 15.2. The second-order valence-corrected chi connectivity index (χ2v) is 5.22. The molecule has 5 nitrogen and oxygen atoms in total. The van der Waals surface area contributed by atoms with Gasteiger partial charge in [-0.05, 0) is 38.6 Å². The van der Waals surface area contributed by atoms with Crippen LogP contribution in [0.3, 0.4) is 0 Å². The van der Waals surface area contributed by atoms with E-state index in [9.17, 15) is 0 Å². The highest BCUT2D eigenvalue weighted by atomic mass is 16.5. The second-order valence-electron chi connectivity index (χ2n) is 5.22. The maximum atomic E-state index is 5.76. The molecule has 0 saturated carbocycles. The summed E-state index contributed by atoms with van der Waals surface area (Å²) in [5, 5.41) is 3.93. The summed E-state index contributed by atoms with van der Waals surface area (Å²) in [4.78, 5) is 6.51. The highest BCUT2D eigenvalue weighted by molar-refractivity contribution is 5.27. The highest BCUT2D eigenvalue weighted by Gasteiger charge is 2.18. The number of aromatic nitrogens is 2. The van der Waals surface area contributed by atoms with Gasteiger partial charge in [-0.1, -0.05) is 24.2 Å². The Kier molecular flexibility index (Phi) is 5.33. The van der Waals surface area contributed by atoms with Crippen LogP contribution in [0.25, 0.3) is 0 Å². The van der Waals surface area contributed by atoms with Gasteiger partial charge in [0.05, 0.1) is 6.04 Å². The van der Waals surface area contributed by atoms with Crippen molar-refractivity contribution < 1.29 is 9.26 Å². The van der Waals surface area contributed by atoms with Gasteiger partial charge in [0.25, 0.3) is 0 Å². The fourth-order valence-electron chi connectivity index (χ4n) is 1.98. The van der Waals surface area contributed by atoms with Crippen LogP contribution >= 0.6 is 0 Å². The van der Waals surface area contributed by atoms with Crippen LogP contribution in [0.2, 0.25) is 0 Å². The van der Waals surface area contributed by atoms with Crippen LogP contribution in [0, 0.1) is 6.92 Å². The third-order valence-corrected chi connectivity index (χ3v) is 3.52. The Hall–Kier alpha value is -1.88. The number of benzene rings is 1. The van der Waals surface area contributed by atoms with Gasteiger partial charge in [-0.15, -0.1) is 0 Å². The molecule has 1 unspecified atom stereocenters. The molecule has 0 fully saturated rings. The third kappa shape index (κ3) is 4.29. The van der Waals surface area contributed by atoms with Gasteiger partial charge in [-0.25, -0.2) is 0 Å². The summed E-state index contributed by atoms with van der Waals surface area (Å²) in [5.74, 6) is 2.31. The topological polar surface area (TPSA) is 51.4 Å². The molecule has 1 aromatic carbocycles. The second kappa shape index (κ2) is 7.22. The smallest absolute Gasteiger partial charge is 0.243 e. The molecule has 0 bridgehead atoms. The van der Waals surface area contributed by atoms with Crippen molar-refractivity contribution in [2.24, 2.45) is 0 Å². The van der Waals surface area contributed by atoms with Crippen molar-refractivity contribution >= 4 is 0 Å². The Balaban J connectivity index is 1.82. The first-order valence-electron chi connectivity index (χ1n) is 7.32. The molecule has 0 saturated heterocycles. The van der Waals surface area contributed by atoms with E-state index in [1.807, 2.05) is 32.2 Å². The van der Waals surface area contributed by atoms with Crippen LogP contribution in [-0.2, 0) is 6.42 Å². The van der Waals surface area contributed by atoms with Crippen molar-refractivity contribution in [2.75, 3.05) is 20.2 Å². The molecular formula is C16H23N3O2. The van der Waals surface area contributed by atoms with Crippen LogP contribution in [-0.4, -0.2) is 35.2 Å². The minimum atomic E-state index is 0.0823. The standard InChI is InChI=1S/C16H23N3O2/c1-5-15-17-16(21-18-15)13(3)19(4)9-10-20-14-8-6-7-12(2)11-14/h6-8,11,13H,5,9-10H2,1-4H3. The number of hydrogen-bond acceptors (Lipinski definition) is 5. The number of likely N-dealkylation sites (N-methyl/N-ethyl adjacent to an activating group) is 1. The molecule has 0 N–H and O–H groups in total. The fraction of sp³-hybridized carbons (Fsp3) is 0.500. The van der Waals surface area contributed by atoms with Crippen molar-refractivity contribution in [3.8, 4) is 5.75 Å². The summed E-state index contributed by atoms with van der Waals surface area (Å²) in [5.41, 5.74) is 1.20. The van der Waals surface area contributed by atoms with Gasteiger partial charge >= 0.3 is 0 Å². The lowest BCUT2D eigenvalue weighted by Gasteiger charge is -2.21. The largest absolute Gasteiger partial charge is 0.492 e. The van der Waals surface area contributed by atoms with E-state index in [2.05, 4.69) is 35.0 Å². The molecule has 0 spiro atoms. The minimum Gasteiger partial charge on any atom is -0.492 e. The maximum Gasteiger partial charge on any atom is 0.243 e. The van der Waals surface area contributed by atoms with Crippen LogP contribution in [0.5, 0.6) is 5.75 Å². The number of hydrogen-bond donors (Lipinski definition) is 0. The summed E-state index contributed by atoms with van der Waals surface area (Å²) in [6, 6.07) is 8.15. The Bertz CT molecular complexity index is 568. The Morgan fingerprint density at radius 2 is 2.19 bits per heavy atom. The number of aryl methyl sites for hydroxylation is 2. The van der Waals surface area contributed by atoms with Gasteiger partial charge in [0.2, 0.25) is 5.89 Å².